The van der Waals surface area contributed by atoms with Gasteiger partial charge in [0.05, 0.1) is 0 Å². The second kappa shape index (κ2) is 2.87. The molecule has 2 rings (SSSR count). The lowest BCUT2D eigenvalue weighted by Gasteiger charge is -2.23. The van der Waals surface area contributed by atoms with Gasteiger partial charge in [-0.1, -0.05) is 18.2 Å². The topological polar surface area (TPSA) is 17.1 Å². The van der Waals surface area contributed by atoms with Crippen molar-refractivity contribution in [2.45, 2.75) is 25.7 Å². The summed E-state index contributed by atoms with van der Waals surface area (Å²) in [6, 6.07) is 5.23. The van der Waals surface area contributed by atoms with Crippen molar-refractivity contribution in [3.63, 3.8) is 0 Å². The molecule has 1 aromatic carbocycles. The highest BCUT2D eigenvalue weighted by Gasteiger charge is 2.43. The Hall–Kier alpha value is -1.25. The van der Waals surface area contributed by atoms with E-state index >= 15 is 0 Å². The molecule has 0 aliphatic heterocycles. The first-order valence-electron chi connectivity index (χ1n) is 4.53. The molecule has 0 saturated heterocycles. The van der Waals surface area contributed by atoms with Gasteiger partial charge in [-0.3, -0.25) is 4.79 Å². The van der Waals surface area contributed by atoms with E-state index in [1.54, 1.807) is 25.1 Å². The number of alkyl halides is 2. The van der Waals surface area contributed by atoms with E-state index < -0.39 is 11.7 Å². The van der Waals surface area contributed by atoms with E-state index in [0.717, 1.165) is 5.56 Å². The quantitative estimate of drug-likeness (QED) is 0.623. The van der Waals surface area contributed by atoms with Gasteiger partial charge in [-0.2, -0.15) is 8.78 Å². The van der Waals surface area contributed by atoms with Gasteiger partial charge in [0.2, 0.25) is 5.78 Å². The van der Waals surface area contributed by atoms with Crippen LogP contribution in [0, 0.1) is 6.92 Å². The van der Waals surface area contributed by atoms with E-state index in [2.05, 4.69) is 0 Å². The normalized spacial score (nSPS) is 19.2. The van der Waals surface area contributed by atoms with Crippen LogP contribution in [0.4, 0.5) is 8.78 Å². The maximum Gasteiger partial charge on any atom is 0.310 e. The van der Waals surface area contributed by atoms with Crippen LogP contribution in [0.15, 0.2) is 18.2 Å². The predicted octanol–water partition coefficient (Wildman–Crippen LogP) is 2.76. The number of aryl methyl sites for hydroxylation is 2. The van der Waals surface area contributed by atoms with Gasteiger partial charge in [0, 0.05) is 12.0 Å². The van der Waals surface area contributed by atoms with Crippen LogP contribution in [0.3, 0.4) is 0 Å². The zero-order valence-corrected chi connectivity index (χ0v) is 7.81. The number of rotatable bonds is 0. The Balaban J connectivity index is 2.60. The second-order valence-electron chi connectivity index (χ2n) is 3.64. The molecule has 0 aromatic heterocycles. The van der Waals surface area contributed by atoms with Gasteiger partial charge < -0.3 is 0 Å². The summed E-state index contributed by atoms with van der Waals surface area (Å²) in [5, 5.41) is 0. The summed E-state index contributed by atoms with van der Waals surface area (Å²) >= 11 is 0. The third kappa shape index (κ3) is 1.24. The van der Waals surface area contributed by atoms with Crippen LogP contribution in [0.5, 0.6) is 0 Å². The minimum Gasteiger partial charge on any atom is -0.287 e. The number of hydrogen-bond donors (Lipinski definition) is 0. The molecule has 0 amide bonds. The molecular formula is C11H10F2O. The van der Waals surface area contributed by atoms with E-state index in [0.29, 0.717) is 5.56 Å². The molecule has 0 radical (unpaired) electrons. The van der Waals surface area contributed by atoms with Crippen LogP contribution >= 0.6 is 0 Å². The number of carbonyl (C=O) groups is 1. The molecule has 0 saturated carbocycles. The largest absolute Gasteiger partial charge is 0.310 e. The fourth-order valence-electron chi connectivity index (χ4n) is 1.85. The van der Waals surface area contributed by atoms with E-state index in [9.17, 15) is 13.6 Å². The van der Waals surface area contributed by atoms with Crippen molar-refractivity contribution in [3.8, 4) is 0 Å². The molecule has 1 aliphatic rings. The van der Waals surface area contributed by atoms with Crippen molar-refractivity contribution in [1.82, 2.24) is 0 Å². The van der Waals surface area contributed by atoms with Crippen molar-refractivity contribution in [3.05, 3.63) is 34.9 Å². The lowest BCUT2D eigenvalue weighted by molar-refractivity contribution is 0.00194. The number of fused-ring (bicyclic) bond motifs is 1. The van der Waals surface area contributed by atoms with E-state index in [1.807, 2.05) is 0 Å². The molecule has 0 heterocycles. The number of ketones is 1. The average Bonchev–Trinajstić information content (AvgIpc) is 2.12. The van der Waals surface area contributed by atoms with Gasteiger partial charge in [0.25, 0.3) is 0 Å². The minimum absolute atomic E-state index is 0.226. The molecule has 0 unspecified atom stereocenters. The molecule has 1 aromatic rings. The first-order chi connectivity index (χ1) is 6.52. The number of carbonyl (C=O) groups excluding carboxylic acids is 1. The highest BCUT2D eigenvalue weighted by molar-refractivity contribution is 6.04. The molecule has 1 aliphatic carbocycles. The van der Waals surface area contributed by atoms with Crippen LogP contribution in [-0.4, -0.2) is 11.7 Å². The molecule has 0 fully saturated rings. The molecule has 1 nitrogen and oxygen atoms in total. The fraction of sp³-hybridized carbons (Fsp3) is 0.364. The lowest BCUT2D eigenvalue weighted by atomic mass is 9.85. The summed E-state index contributed by atoms with van der Waals surface area (Å²) < 4.78 is 26.2. The Morgan fingerprint density at radius 1 is 1.36 bits per heavy atom. The Morgan fingerprint density at radius 3 is 2.79 bits per heavy atom. The Kier molecular flexibility index (Phi) is 1.91. The number of halogens is 2. The molecule has 0 spiro atoms. The molecule has 0 atom stereocenters. The Labute approximate surface area is 80.7 Å². The molecule has 14 heavy (non-hydrogen) atoms. The van der Waals surface area contributed by atoms with Crippen molar-refractivity contribution >= 4 is 5.78 Å². The third-order valence-electron chi connectivity index (χ3n) is 2.63. The summed E-state index contributed by atoms with van der Waals surface area (Å²) in [5.41, 5.74) is 1.62. The Bertz CT molecular complexity index is 396. The van der Waals surface area contributed by atoms with Crippen molar-refractivity contribution in [1.29, 1.82) is 0 Å². The van der Waals surface area contributed by atoms with Gasteiger partial charge in [-0.15, -0.1) is 0 Å². The maximum absolute atomic E-state index is 13.1. The molecule has 0 bridgehead atoms. The Morgan fingerprint density at radius 2 is 2.07 bits per heavy atom. The lowest BCUT2D eigenvalue weighted by Crippen LogP contribution is -2.34. The van der Waals surface area contributed by atoms with Gasteiger partial charge in [-0.05, 0) is 24.5 Å². The van der Waals surface area contributed by atoms with E-state index in [-0.39, 0.29) is 18.4 Å². The standard InChI is InChI=1S/C11H10F2O/c1-7-3-2-4-8-5-6-11(12,13)10(14)9(7)8/h2-4H,5-6H2,1H3. The average molecular weight is 196 g/mol. The first-order valence-corrected chi connectivity index (χ1v) is 4.53. The van der Waals surface area contributed by atoms with Crippen LogP contribution < -0.4 is 0 Å². The highest BCUT2D eigenvalue weighted by atomic mass is 19.3. The first kappa shape index (κ1) is 9.31. The van der Waals surface area contributed by atoms with Crippen LogP contribution in [0.2, 0.25) is 0 Å². The van der Waals surface area contributed by atoms with Gasteiger partial charge in [0.1, 0.15) is 0 Å². The minimum atomic E-state index is -3.17. The molecule has 3 heteroatoms. The maximum atomic E-state index is 13.1. The van der Waals surface area contributed by atoms with Crippen LogP contribution in [-0.2, 0) is 6.42 Å². The van der Waals surface area contributed by atoms with Crippen molar-refractivity contribution < 1.29 is 13.6 Å². The van der Waals surface area contributed by atoms with Gasteiger partial charge in [-0.25, -0.2) is 0 Å². The fourth-order valence-corrected chi connectivity index (χ4v) is 1.85. The van der Waals surface area contributed by atoms with Crippen molar-refractivity contribution in [2.75, 3.05) is 0 Å². The monoisotopic (exact) mass is 196 g/mol. The van der Waals surface area contributed by atoms with Crippen molar-refractivity contribution in [2.24, 2.45) is 0 Å². The molecular weight excluding hydrogens is 186 g/mol. The van der Waals surface area contributed by atoms with E-state index in [4.69, 9.17) is 0 Å². The summed E-state index contributed by atoms with van der Waals surface area (Å²) in [6.07, 6.45) is -0.0714. The SMILES string of the molecule is Cc1cccc2c1C(=O)C(F)(F)CC2. The predicted molar refractivity (Wildman–Crippen MR) is 48.8 cm³/mol. The zero-order chi connectivity index (χ0) is 10.3. The molecule has 0 N–H and O–H groups in total. The number of benzene rings is 1. The zero-order valence-electron chi connectivity index (χ0n) is 7.81. The second-order valence-corrected chi connectivity index (χ2v) is 3.64. The highest BCUT2D eigenvalue weighted by Crippen LogP contribution is 2.34. The van der Waals surface area contributed by atoms with Gasteiger partial charge >= 0.3 is 5.92 Å². The van der Waals surface area contributed by atoms with Crippen LogP contribution in [0.1, 0.15) is 27.9 Å². The van der Waals surface area contributed by atoms with E-state index in [1.165, 1.54) is 0 Å². The van der Waals surface area contributed by atoms with Crippen LogP contribution in [0.25, 0.3) is 0 Å². The number of hydrogen-bond acceptors (Lipinski definition) is 1. The third-order valence-corrected chi connectivity index (χ3v) is 2.63. The summed E-state index contributed by atoms with van der Waals surface area (Å²) in [4.78, 5) is 11.4. The summed E-state index contributed by atoms with van der Waals surface area (Å²) in [6.45, 7) is 1.69. The summed E-state index contributed by atoms with van der Waals surface area (Å²) in [5.74, 6) is -4.18. The van der Waals surface area contributed by atoms with Gasteiger partial charge in [0.15, 0.2) is 0 Å². The summed E-state index contributed by atoms with van der Waals surface area (Å²) in [7, 11) is 0. The number of Topliss-reactive ketones (excluding diaryl/α,β-unsaturated/α-hetero) is 1. The smallest absolute Gasteiger partial charge is 0.287 e. The molecule has 74 valence electrons.